The van der Waals surface area contributed by atoms with Gasteiger partial charge in [0.2, 0.25) is 0 Å². The highest BCUT2D eigenvalue weighted by Crippen LogP contribution is 2.21. The smallest absolute Gasteiger partial charge is 0.341 e. The first-order valence-electron chi connectivity index (χ1n) is 6.76. The molecule has 0 radical (unpaired) electrons. The first-order chi connectivity index (χ1) is 9.26. The normalized spacial score (nSPS) is 21.1. The second kappa shape index (κ2) is 6.73. The van der Waals surface area contributed by atoms with Crippen molar-refractivity contribution in [3.8, 4) is 0 Å². The summed E-state index contributed by atoms with van der Waals surface area (Å²) in [4.78, 5) is 13.8. The van der Waals surface area contributed by atoms with Crippen molar-refractivity contribution >= 4 is 5.97 Å². The molecule has 1 atom stereocenters. The molecule has 106 valence electrons. The Morgan fingerprint density at radius 1 is 1.53 bits per heavy atom. The molecule has 1 aliphatic heterocycles. The Bertz CT molecular complexity index is 415. The van der Waals surface area contributed by atoms with E-state index in [2.05, 4.69) is 4.90 Å². The van der Waals surface area contributed by atoms with Crippen molar-refractivity contribution < 1.29 is 19.1 Å². The fourth-order valence-electron chi connectivity index (χ4n) is 2.59. The van der Waals surface area contributed by atoms with Crippen molar-refractivity contribution in [2.45, 2.75) is 38.3 Å². The van der Waals surface area contributed by atoms with Crippen LogP contribution >= 0.6 is 0 Å². The van der Waals surface area contributed by atoms with Crippen LogP contribution in [0.4, 0.5) is 0 Å². The van der Waals surface area contributed by atoms with Crippen LogP contribution in [-0.2, 0) is 11.3 Å². The van der Waals surface area contributed by atoms with E-state index in [0.717, 1.165) is 25.8 Å². The highest BCUT2D eigenvalue weighted by Gasteiger charge is 2.24. The molecule has 1 N–H and O–H groups in total. The van der Waals surface area contributed by atoms with Gasteiger partial charge in [0, 0.05) is 6.04 Å². The third-order valence-corrected chi connectivity index (χ3v) is 3.71. The Labute approximate surface area is 113 Å². The minimum absolute atomic E-state index is 0.147. The van der Waals surface area contributed by atoms with Crippen LogP contribution in [0.25, 0.3) is 0 Å². The monoisotopic (exact) mass is 267 g/mol. The summed E-state index contributed by atoms with van der Waals surface area (Å²) in [7, 11) is 1.36. The average Bonchev–Trinajstić information content (AvgIpc) is 2.77. The quantitative estimate of drug-likeness (QED) is 0.843. The van der Waals surface area contributed by atoms with Crippen molar-refractivity contribution in [2.24, 2.45) is 0 Å². The van der Waals surface area contributed by atoms with Gasteiger partial charge in [-0.1, -0.05) is 12.8 Å². The van der Waals surface area contributed by atoms with E-state index in [1.165, 1.54) is 19.8 Å². The topological polar surface area (TPSA) is 62.9 Å². The Balaban J connectivity index is 2.10. The number of methoxy groups -OCH3 is 1. The SMILES string of the molecule is COC(=O)c1ccoc1CN1CCCCCC1CO. The molecule has 1 unspecified atom stereocenters. The van der Waals surface area contributed by atoms with E-state index in [4.69, 9.17) is 9.15 Å². The molecule has 2 heterocycles. The maximum Gasteiger partial charge on any atom is 0.341 e. The van der Waals surface area contributed by atoms with Crippen molar-refractivity contribution in [3.05, 3.63) is 23.7 Å². The predicted octanol–water partition coefficient (Wildman–Crippen LogP) is 1.80. The summed E-state index contributed by atoms with van der Waals surface area (Å²) in [5.41, 5.74) is 0.475. The van der Waals surface area contributed by atoms with Crippen LogP contribution in [0.3, 0.4) is 0 Å². The number of carbonyl (C=O) groups excluding carboxylic acids is 1. The van der Waals surface area contributed by atoms with E-state index < -0.39 is 0 Å². The molecule has 1 aromatic heterocycles. The number of hydrogen-bond donors (Lipinski definition) is 1. The summed E-state index contributed by atoms with van der Waals surface area (Å²) in [5, 5.41) is 9.48. The van der Waals surface area contributed by atoms with E-state index >= 15 is 0 Å². The van der Waals surface area contributed by atoms with Crippen LogP contribution < -0.4 is 0 Å². The van der Waals surface area contributed by atoms with Gasteiger partial charge in [0.25, 0.3) is 0 Å². The molecule has 0 saturated carbocycles. The second-order valence-electron chi connectivity index (χ2n) is 4.91. The minimum Gasteiger partial charge on any atom is -0.467 e. The zero-order valence-electron chi connectivity index (χ0n) is 11.3. The molecule has 19 heavy (non-hydrogen) atoms. The van der Waals surface area contributed by atoms with E-state index in [1.54, 1.807) is 6.07 Å². The molecule has 0 aliphatic carbocycles. The summed E-state index contributed by atoms with van der Waals surface area (Å²) >= 11 is 0. The fraction of sp³-hybridized carbons (Fsp3) is 0.643. The molecule has 0 aromatic carbocycles. The third-order valence-electron chi connectivity index (χ3n) is 3.71. The highest BCUT2D eigenvalue weighted by atomic mass is 16.5. The number of likely N-dealkylation sites (tertiary alicyclic amines) is 1. The van der Waals surface area contributed by atoms with Crippen molar-refractivity contribution in [2.75, 3.05) is 20.3 Å². The van der Waals surface area contributed by atoms with Gasteiger partial charge in [-0.3, -0.25) is 4.90 Å². The van der Waals surface area contributed by atoms with Crippen LogP contribution in [0.15, 0.2) is 16.7 Å². The lowest BCUT2D eigenvalue weighted by molar-refractivity contribution is 0.0593. The summed E-state index contributed by atoms with van der Waals surface area (Å²) in [5.74, 6) is 0.242. The number of aliphatic hydroxyl groups is 1. The van der Waals surface area contributed by atoms with Gasteiger partial charge in [-0.2, -0.15) is 0 Å². The van der Waals surface area contributed by atoms with Crippen molar-refractivity contribution in [3.63, 3.8) is 0 Å². The number of esters is 1. The van der Waals surface area contributed by atoms with Crippen LogP contribution in [0.2, 0.25) is 0 Å². The van der Waals surface area contributed by atoms with E-state index in [-0.39, 0.29) is 18.6 Å². The first kappa shape index (κ1) is 14.1. The maximum atomic E-state index is 11.6. The summed E-state index contributed by atoms with van der Waals surface area (Å²) in [6.07, 6.45) is 5.95. The number of carbonyl (C=O) groups is 1. The molecule has 1 saturated heterocycles. The Hall–Kier alpha value is -1.33. The van der Waals surface area contributed by atoms with Gasteiger partial charge in [-0.15, -0.1) is 0 Å². The largest absolute Gasteiger partial charge is 0.467 e. The number of nitrogens with zero attached hydrogens (tertiary/aromatic N) is 1. The summed E-state index contributed by atoms with van der Waals surface area (Å²) in [6.45, 7) is 1.61. The van der Waals surface area contributed by atoms with Gasteiger partial charge in [0.05, 0.1) is 26.5 Å². The lowest BCUT2D eigenvalue weighted by Gasteiger charge is -2.27. The standard InChI is InChI=1S/C14H21NO4/c1-18-14(17)12-6-8-19-13(12)9-15-7-4-2-3-5-11(15)10-16/h6,8,11,16H,2-5,7,9-10H2,1H3. The molecule has 2 rings (SSSR count). The molecule has 0 amide bonds. The molecule has 5 nitrogen and oxygen atoms in total. The zero-order valence-corrected chi connectivity index (χ0v) is 11.3. The molecule has 1 fully saturated rings. The molecule has 1 aliphatic rings. The minimum atomic E-state index is -0.376. The predicted molar refractivity (Wildman–Crippen MR) is 69.8 cm³/mol. The number of ether oxygens (including phenoxy) is 1. The number of furan rings is 1. The molecule has 0 bridgehead atoms. The lowest BCUT2D eigenvalue weighted by Crippen LogP contribution is -2.37. The van der Waals surface area contributed by atoms with Gasteiger partial charge in [-0.05, 0) is 25.5 Å². The van der Waals surface area contributed by atoms with Gasteiger partial charge >= 0.3 is 5.97 Å². The molecular formula is C14H21NO4. The summed E-state index contributed by atoms with van der Waals surface area (Å²) in [6, 6.07) is 1.78. The summed E-state index contributed by atoms with van der Waals surface area (Å²) < 4.78 is 10.1. The van der Waals surface area contributed by atoms with Crippen LogP contribution in [0, 0.1) is 0 Å². The average molecular weight is 267 g/mol. The molecule has 0 spiro atoms. The number of hydrogen-bond acceptors (Lipinski definition) is 5. The van der Waals surface area contributed by atoms with Gasteiger partial charge in [0.1, 0.15) is 11.3 Å². The van der Waals surface area contributed by atoms with E-state index in [0.29, 0.717) is 17.9 Å². The van der Waals surface area contributed by atoms with Crippen LogP contribution in [-0.4, -0.2) is 42.3 Å². The molecule has 5 heteroatoms. The third kappa shape index (κ3) is 3.36. The zero-order chi connectivity index (χ0) is 13.7. The van der Waals surface area contributed by atoms with Crippen LogP contribution in [0.5, 0.6) is 0 Å². The Kier molecular flexibility index (Phi) is 4.99. The number of aliphatic hydroxyl groups excluding tert-OH is 1. The highest BCUT2D eigenvalue weighted by molar-refractivity contribution is 5.90. The van der Waals surface area contributed by atoms with Gasteiger partial charge < -0.3 is 14.3 Å². The van der Waals surface area contributed by atoms with Gasteiger partial charge in [-0.25, -0.2) is 4.79 Å². The second-order valence-corrected chi connectivity index (χ2v) is 4.91. The Morgan fingerprint density at radius 2 is 2.37 bits per heavy atom. The number of rotatable bonds is 4. The van der Waals surface area contributed by atoms with Crippen LogP contribution in [0.1, 0.15) is 41.8 Å². The van der Waals surface area contributed by atoms with Gasteiger partial charge in [0.15, 0.2) is 0 Å². The maximum absolute atomic E-state index is 11.6. The van der Waals surface area contributed by atoms with E-state index in [1.807, 2.05) is 0 Å². The van der Waals surface area contributed by atoms with Crippen molar-refractivity contribution in [1.29, 1.82) is 0 Å². The fourth-order valence-corrected chi connectivity index (χ4v) is 2.59. The lowest BCUT2D eigenvalue weighted by atomic mass is 10.1. The molecular weight excluding hydrogens is 246 g/mol. The first-order valence-corrected chi connectivity index (χ1v) is 6.76. The van der Waals surface area contributed by atoms with E-state index in [9.17, 15) is 9.90 Å². The Morgan fingerprint density at radius 3 is 3.11 bits per heavy atom. The van der Waals surface area contributed by atoms with Crippen molar-refractivity contribution in [1.82, 2.24) is 4.90 Å². The molecule has 1 aromatic rings.